The van der Waals surface area contributed by atoms with Gasteiger partial charge in [-0.15, -0.1) is 5.10 Å². The van der Waals surface area contributed by atoms with Crippen molar-refractivity contribution in [1.82, 2.24) is 30.7 Å². The third-order valence-electron chi connectivity index (χ3n) is 5.43. The first-order valence-electron chi connectivity index (χ1n) is 11.4. The number of ether oxygens (including phenoxy) is 2. The van der Waals surface area contributed by atoms with Crippen molar-refractivity contribution in [1.29, 1.82) is 0 Å². The highest BCUT2D eigenvalue weighted by Crippen LogP contribution is 2.28. The van der Waals surface area contributed by atoms with Crippen LogP contribution in [0.25, 0.3) is 17.1 Å². The summed E-state index contributed by atoms with van der Waals surface area (Å²) in [6.45, 7) is 0.401. The molecule has 0 aliphatic carbocycles. The fourth-order valence-corrected chi connectivity index (χ4v) is 3.60. The predicted octanol–water partition coefficient (Wildman–Crippen LogP) is 3.25. The molecule has 0 aliphatic heterocycles. The summed E-state index contributed by atoms with van der Waals surface area (Å²) >= 11 is 0. The molecule has 2 aromatic heterocycles. The Morgan fingerprint density at radius 1 is 1.05 bits per heavy atom. The van der Waals surface area contributed by atoms with Crippen LogP contribution in [0.2, 0.25) is 0 Å². The summed E-state index contributed by atoms with van der Waals surface area (Å²) in [4.78, 5) is 13.2. The van der Waals surface area contributed by atoms with Crippen LogP contribution >= 0.6 is 0 Å². The molecule has 2 heterocycles. The van der Waals surface area contributed by atoms with Crippen molar-refractivity contribution >= 4 is 17.9 Å². The number of nitrogen functional groups attached to an aromatic ring is 1. The number of nitrogens with zero attached hydrogens (tertiary/aromatic N) is 6. The molecule has 0 fully saturated rings. The smallest absolute Gasteiger partial charge is 0.292 e. The van der Waals surface area contributed by atoms with Crippen LogP contribution in [-0.4, -0.2) is 44.5 Å². The van der Waals surface area contributed by atoms with Gasteiger partial charge in [-0.2, -0.15) is 9.78 Å². The first-order valence-corrected chi connectivity index (χ1v) is 11.4. The van der Waals surface area contributed by atoms with Crippen molar-refractivity contribution in [3.63, 3.8) is 0 Å². The van der Waals surface area contributed by atoms with Crippen molar-refractivity contribution in [2.75, 3.05) is 12.8 Å². The van der Waals surface area contributed by atoms with Crippen LogP contribution < -0.4 is 20.6 Å². The highest BCUT2D eigenvalue weighted by molar-refractivity contribution is 5.99. The van der Waals surface area contributed by atoms with Crippen LogP contribution in [0.15, 0.2) is 88.6 Å². The van der Waals surface area contributed by atoms with Gasteiger partial charge in [-0.05, 0) is 39.6 Å². The van der Waals surface area contributed by atoms with Crippen LogP contribution in [0.3, 0.4) is 0 Å². The normalized spacial score (nSPS) is 11.0. The zero-order valence-corrected chi connectivity index (χ0v) is 20.2. The SMILES string of the molecule is COc1cc(/C=N/NC(=O)c2c(-c3ccccc3)nnn2-c2nonc2N)ccc1OCc1ccccc1. The molecule has 3 aromatic carbocycles. The van der Waals surface area contributed by atoms with Gasteiger partial charge in [-0.3, -0.25) is 4.79 Å². The molecule has 5 rings (SSSR count). The number of aromatic nitrogens is 5. The summed E-state index contributed by atoms with van der Waals surface area (Å²) in [5.74, 6) is 0.498. The van der Waals surface area contributed by atoms with Crippen LogP contribution in [0.4, 0.5) is 5.82 Å². The van der Waals surface area contributed by atoms with E-state index in [4.69, 9.17) is 15.2 Å². The van der Waals surface area contributed by atoms with E-state index >= 15 is 0 Å². The molecule has 12 nitrogen and oxygen atoms in total. The molecule has 0 saturated carbocycles. The number of benzene rings is 3. The zero-order chi connectivity index (χ0) is 26.3. The Balaban J connectivity index is 1.35. The van der Waals surface area contributed by atoms with Gasteiger partial charge in [0.05, 0.1) is 13.3 Å². The number of hydrazone groups is 1. The van der Waals surface area contributed by atoms with Crippen molar-refractivity contribution in [2.45, 2.75) is 6.61 Å². The monoisotopic (exact) mass is 510 g/mol. The Hall–Kier alpha value is -5.52. The van der Waals surface area contributed by atoms with Gasteiger partial charge in [0, 0.05) is 5.56 Å². The van der Waals surface area contributed by atoms with E-state index in [2.05, 4.69) is 35.8 Å². The highest BCUT2D eigenvalue weighted by Gasteiger charge is 2.25. The van der Waals surface area contributed by atoms with Crippen molar-refractivity contribution in [3.8, 4) is 28.6 Å². The molecule has 3 N–H and O–H groups in total. The maximum absolute atomic E-state index is 13.2. The number of carbonyl (C=O) groups is 1. The number of rotatable bonds is 9. The molecule has 0 radical (unpaired) electrons. The fourth-order valence-electron chi connectivity index (χ4n) is 3.60. The molecular formula is C26H22N8O4. The first-order chi connectivity index (χ1) is 18.6. The highest BCUT2D eigenvalue weighted by atomic mass is 16.6. The third kappa shape index (κ3) is 5.18. The number of nitrogens with one attached hydrogen (secondary N) is 1. The summed E-state index contributed by atoms with van der Waals surface area (Å²) < 4.78 is 17.2. The molecule has 5 aromatic rings. The maximum atomic E-state index is 13.2. The summed E-state index contributed by atoms with van der Waals surface area (Å²) in [7, 11) is 1.55. The van der Waals surface area contributed by atoms with E-state index in [1.807, 2.05) is 48.5 Å². The molecule has 0 bridgehead atoms. The van der Waals surface area contributed by atoms with Gasteiger partial charge >= 0.3 is 0 Å². The number of hydrogen-bond acceptors (Lipinski definition) is 10. The molecule has 0 atom stereocenters. The molecule has 0 saturated heterocycles. The fraction of sp³-hybridized carbons (Fsp3) is 0.0769. The van der Waals surface area contributed by atoms with E-state index in [0.717, 1.165) is 10.2 Å². The van der Waals surface area contributed by atoms with Crippen molar-refractivity contribution in [2.24, 2.45) is 5.10 Å². The molecule has 0 aliphatic rings. The lowest BCUT2D eigenvalue weighted by Crippen LogP contribution is -2.22. The van der Waals surface area contributed by atoms with Crippen molar-refractivity contribution in [3.05, 3.63) is 95.7 Å². The van der Waals surface area contributed by atoms with Gasteiger partial charge in [0.2, 0.25) is 11.6 Å². The van der Waals surface area contributed by atoms with E-state index in [1.54, 1.807) is 37.4 Å². The van der Waals surface area contributed by atoms with Gasteiger partial charge < -0.3 is 15.2 Å². The van der Waals surface area contributed by atoms with Gasteiger partial charge in [-0.25, -0.2) is 10.1 Å². The van der Waals surface area contributed by atoms with Gasteiger partial charge in [0.1, 0.15) is 12.3 Å². The molecule has 1 amide bonds. The first kappa shape index (κ1) is 24.2. The number of amides is 1. The second-order valence-corrected chi connectivity index (χ2v) is 7.92. The van der Waals surface area contributed by atoms with Crippen LogP contribution in [0, 0.1) is 0 Å². The average molecular weight is 511 g/mol. The number of carbonyl (C=O) groups excluding carboxylic acids is 1. The minimum Gasteiger partial charge on any atom is -0.493 e. The minimum absolute atomic E-state index is 0.0321. The van der Waals surface area contributed by atoms with E-state index in [1.165, 1.54) is 6.21 Å². The van der Waals surface area contributed by atoms with E-state index in [9.17, 15) is 4.79 Å². The minimum atomic E-state index is -0.595. The number of nitrogens with two attached hydrogens (primary N) is 1. The van der Waals surface area contributed by atoms with E-state index < -0.39 is 5.91 Å². The van der Waals surface area contributed by atoms with E-state index in [-0.39, 0.29) is 17.3 Å². The number of anilines is 1. The third-order valence-corrected chi connectivity index (χ3v) is 5.43. The number of hydrogen-bond donors (Lipinski definition) is 2. The second kappa shape index (κ2) is 11.0. The predicted molar refractivity (Wildman–Crippen MR) is 138 cm³/mol. The molecule has 0 unspecified atom stereocenters. The lowest BCUT2D eigenvalue weighted by atomic mass is 10.1. The Kier molecular flexibility index (Phi) is 7.02. The lowest BCUT2D eigenvalue weighted by Gasteiger charge is -2.11. The van der Waals surface area contributed by atoms with Gasteiger partial charge in [0.25, 0.3) is 5.91 Å². The largest absolute Gasteiger partial charge is 0.493 e. The Labute approximate surface area is 216 Å². The quantitative estimate of drug-likeness (QED) is 0.224. The molecular weight excluding hydrogens is 488 g/mol. The van der Waals surface area contributed by atoms with Crippen LogP contribution in [-0.2, 0) is 6.61 Å². The van der Waals surface area contributed by atoms with Crippen LogP contribution in [0.5, 0.6) is 11.5 Å². The molecule has 0 spiro atoms. The summed E-state index contributed by atoms with van der Waals surface area (Å²) in [5, 5.41) is 19.6. The van der Waals surface area contributed by atoms with Gasteiger partial charge in [-0.1, -0.05) is 65.9 Å². The topological polar surface area (TPSA) is 156 Å². The summed E-state index contributed by atoms with van der Waals surface area (Å²) in [5.41, 5.74) is 11.1. The van der Waals surface area contributed by atoms with Crippen molar-refractivity contribution < 1.29 is 18.9 Å². The summed E-state index contributed by atoms with van der Waals surface area (Å²) in [6.07, 6.45) is 1.48. The Bertz CT molecular complexity index is 1560. The standard InChI is InChI=1S/C26H22N8O4/c1-36-21-14-18(12-13-20(21)37-16-17-8-4-2-5-9-17)15-28-30-26(35)23-22(19-10-6-3-7-11-19)29-33-34(23)25-24(27)31-38-32-25/h2-15H,16H2,1H3,(H2,27,31)(H,30,35)/b28-15+. The molecule has 38 heavy (non-hydrogen) atoms. The Morgan fingerprint density at radius 3 is 2.53 bits per heavy atom. The zero-order valence-electron chi connectivity index (χ0n) is 20.2. The molecule has 12 heteroatoms. The maximum Gasteiger partial charge on any atom is 0.292 e. The number of methoxy groups -OCH3 is 1. The second-order valence-electron chi connectivity index (χ2n) is 7.92. The lowest BCUT2D eigenvalue weighted by molar-refractivity contribution is 0.0947. The van der Waals surface area contributed by atoms with Gasteiger partial charge in [0.15, 0.2) is 17.2 Å². The van der Waals surface area contributed by atoms with Crippen LogP contribution in [0.1, 0.15) is 21.6 Å². The Morgan fingerprint density at radius 2 is 1.82 bits per heavy atom. The summed E-state index contributed by atoms with van der Waals surface area (Å²) in [6, 6.07) is 24.2. The van der Waals surface area contributed by atoms with E-state index in [0.29, 0.717) is 34.9 Å². The average Bonchev–Trinajstić information content (AvgIpc) is 3.59. The molecule has 190 valence electrons.